The molecule has 0 bridgehead atoms. The van der Waals surface area contributed by atoms with Gasteiger partial charge in [0.1, 0.15) is 0 Å². The van der Waals surface area contributed by atoms with Gasteiger partial charge in [-0.25, -0.2) is 10.8 Å². The van der Waals surface area contributed by atoms with Gasteiger partial charge in [0.2, 0.25) is 5.96 Å². The largest absolute Gasteiger partial charge is 0.356 e. The maximum absolute atomic E-state index is 5.26. The number of nitrogens with two attached hydrogens (primary N) is 1. The van der Waals surface area contributed by atoms with E-state index in [2.05, 4.69) is 20.7 Å². The zero-order chi connectivity index (χ0) is 10.2. The molecule has 1 rings (SSSR count). The highest BCUT2D eigenvalue weighted by atomic mass is 15.3. The summed E-state index contributed by atoms with van der Waals surface area (Å²) in [5.41, 5.74) is 3.40. The molecular weight excluding hydrogens is 178 g/mol. The monoisotopic (exact) mass is 193 g/mol. The quantitative estimate of drug-likeness (QED) is 0.273. The number of hydrogen-bond acceptors (Lipinski definition) is 3. The van der Waals surface area contributed by atoms with Crippen LogP contribution in [0.1, 0.15) is 12.6 Å². The lowest BCUT2D eigenvalue weighted by Crippen LogP contribution is -2.41. The number of aromatic nitrogens is 1. The third-order valence-corrected chi connectivity index (χ3v) is 1.61. The molecule has 4 N–H and O–H groups in total. The summed E-state index contributed by atoms with van der Waals surface area (Å²) in [6.45, 7) is 3.28. The third-order valence-electron chi connectivity index (χ3n) is 1.61. The Bertz CT molecular complexity index is 283. The van der Waals surface area contributed by atoms with Crippen LogP contribution in [-0.2, 0) is 6.54 Å². The molecule has 0 amide bonds. The topological polar surface area (TPSA) is 75.3 Å². The average Bonchev–Trinajstić information content (AvgIpc) is 2.25. The molecule has 0 aliphatic rings. The minimum absolute atomic E-state index is 0.521. The van der Waals surface area contributed by atoms with Crippen molar-refractivity contribution in [1.82, 2.24) is 15.7 Å². The molecule has 0 aromatic carbocycles. The van der Waals surface area contributed by atoms with Crippen LogP contribution in [-0.4, -0.2) is 17.5 Å². The second-order valence-electron chi connectivity index (χ2n) is 2.66. The van der Waals surface area contributed by atoms with Crippen molar-refractivity contribution in [3.05, 3.63) is 30.1 Å². The van der Waals surface area contributed by atoms with Gasteiger partial charge in [-0.2, -0.15) is 0 Å². The zero-order valence-corrected chi connectivity index (χ0v) is 8.20. The Balaban J connectivity index is 2.52. The lowest BCUT2D eigenvalue weighted by Gasteiger charge is -2.05. The molecule has 1 heterocycles. The summed E-state index contributed by atoms with van der Waals surface area (Å²) in [7, 11) is 0. The highest BCUT2D eigenvalue weighted by Crippen LogP contribution is 1.94. The van der Waals surface area contributed by atoms with Crippen LogP contribution in [0.5, 0.6) is 0 Å². The van der Waals surface area contributed by atoms with Crippen LogP contribution in [0.3, 0.4) is 0 Å². The smallest absolute Gasteiger partial charge is 0.206 e. The molecule has 76 valence electrons. The Morgan fingerprint density at radius 3 is 3.00 bits per heavy atom. The number of nitrogens with zero attached hydrogens (tertiary/aromatic N) is 2. The fourth-order valence-electron chi connectivity index (χ4n) is 0.972. The molecular formula is C9H15N5. The van der Waals surface area contributed by atoms with Crippen LogP contribution >= 0.6 is 0 Å². The lowest BCUT2D eigenvalue weighted by molar-refractivity contribution is 0.845. The van der Waals surface area contributed by atoms with Crippen LogP contribution in [0.2, 0.25) is 0 Å². The van der Waals surface area contributed by atoms with Gasteiger partial charge >= 0.3 is 0 Å². The first-order valence-electron chi connectivity index (χ1n) is 4.51. The number of nitrogens with one attached hydrogen (secondary N) is 2. The summed E-state index contributed by atoms with van der Waals surface area (Å²) in [4.78, 5) is 8.35. The molecule has 0 radical (unpaired) electrons. The summed E-state index contributed by atoms with van der Waals surface area (Å²) < 4.78 is 0. The summed E-state index contributed by atoms with van der Waals surface area (Å²) >= 11 is 0. The van der Waals surface area contributed by atoms with E-state index in [0.29, 0.717) is 12.5 Å². The van der Waals surface area contributed by atoms with Gasteiger partial charge in [0.25, 0.3) is 0 Å². The number of pyridine rings is 1. The van der Waals surface area contributed by atoms with Crippen molar-refractivity contribution in [2.24, 2.45) is 10.8 Å². The number of rotatable bonds is 3. The van der Waals surface area contributed by atoms with Crippen molar-refractivity contribution in [3.8, 4) is 0 Å². The molecule has 14 heavy (non-hydrogen) atoms. The summed E-state index contributed by atoms with van der Waals surface area (Å²) in [6, 6.07) is 5.73. The van der Waals surface area contributed by atoms with E-state index in [1.807, 2.05) is 25.1 Å². The van der Waals surface area contributed by atoms with Crippen LogP contribution in [0.4, 0.5) is 0 Å². The van der Waals surface area contributed by atoms with Gasteiger partial charge in [0.15, 0.2) is 0 Å². The van der Waals surface area contributed by atoms with Gasteiger partial charge in [0, 0.05) is 12.7 Å². The van der Waals surface area contributed by atoms with Crippen molar-refractivity contribution >= 4 is 5.96 Å². The summed E-state index contributed by atoms with van der Waals surface area (Å²) in [6.07, 6.45) is 1.74. The number of aliphatic imine (C=N–C) groups is 1. The summed E-state index contributed by atoms with van der Waals surface area (Å²) in [5.74, 6) is 5.84. The van der Waals surface area contributed by atoms with E-state index >= 15 is 0 Å². The van der Waals surface area contributed by atoms with Gasteiger partial charge < -0.3 is 5.32 Å². The van der Waals surface area contributed by atoms with Gasteiger partial charge in [-0.3, -0.25) is 10.4 Å². The van der Waals surface area contributed by atoms with Gasteiger partial charge in [-0.1, -0.05) is 6.07 Å². The maximum Gasteiger partial charge on any atom is 0.206 e. The maximum atomic E-state index is 5.26. The Morgan fingerprint density at radius 2 is 2.43 bits per heavy atom. The fourth-order valence-corrected chi connectivity index (χ4v) is 0.972. The SMILES string of the molecule is CCNC(=NCc1ccccn1)NN. The Morgan fingerprint density at radius 1 is 1.57 bits per heavy atom. The van der Waals surface area contributed by atoms with E-state index in [4.69, 9.17) is 5.84 Å². The number of hydrazine groups is 1. The van der Waals surface area contributed by atoms with Gasteiger partial charge in [-0.15, -0.1) is 0 Å². The molecule has 1 aromatic rings. The predicted molar refractivity (Wildman–Crippen MR) is 56.4 cm³/mol. The highest BCUT2D eigenvalue weighted by molar-refractivity contribution is 5.78. The van der Waals surface area contributed by atoms with Crippen molar-refractivity contribution in [2.45, 2.75) is 13.5 Å². The van der Waals surface area contributed by atoms with E-state index in [1.165, 1.54) is 0 Å². The molecule has 5 heteroatoms. The molecule has 1 aromatic heterocycles. The van der Waals surface area contributed by atoms with E-state index in [1.54, 1.807) is 6.20 Å². The minimum Gasteiger partial charge on any atom is -0.356 e. The van der Waals surface area contributed by atoms with Crippen LogP contribution in [0.15, 0.2) is 29.4 Å². The lowest BCUT2D eigenvalue weighted by atomic mass is 10.3. The molecule has 0 atom stereocenters. The van der Waals surface area contributed by atoms with E-state index in [9.17, 15) is 0 Å². The van der Waals surface area contributed by atoms with Crippen LogP contribution in [0, 0.1) is 0 Å². The zero-order valence-electron chi connectivity index (χ0n) is 8.20. The molecule has 0 saturated heterocycles. The molecule has 5 nitrogen and oxygen atoms in total. The first-order valence-corrected chi connectivity index (χ1v) is 4.51. The Kier molecular flexibility index (Phi) is 4.43. The third kappa shape index (κ3) is 3.40. The fraction of sp³-hybridized carbons (Fsp3) is 0.333. The first-order chi connectivity index (χ1) is 6.86. The molecule has 0 aliphatic heterocycles. The van der Waals surface area contributed by atoms with Crippen molar-refractivity contribution in [3.63, 3.8) is 0 Å². The predicted octanol–water partition coefficient (Wildman–Crippen LogP) is 0.0104. The molecule has 0 aliphatic carbocycles. The first kappa shape index (κ1) is 10.5. The van der Waals surface area contributed by atoms with Gasteiger partial charge in [0.05, 0.1) is 12.2 Å². The van der Waals surface area contributed by atoms with Crippen molar-refractivity contribution in [2.75, 3.05) is 6.54 Å². The van der Waals surface area contributed by atoms with Crippen molar-refractivity contribution in [1.29, 1.82) is 0 Å². The highest BCUT2D eigenvalue weighted by Gasteiger charge is 1.93. The molecule has 0 unspecified atom stereocenters. The van der Waals surface area contributed by atoms with Crippen LogP contribution < -0.4 is 16.6 Å². The Hall–Kier alpha value is -1.62. The summed E-state index contributed by atoms with van der Waals surface area (Å²) in [5, 5.41) is 2.99. The average molecular weight is 193 g/mol. The standard InChI is InChI=1S/C9H15N5/c1-2-11-9(14-10)13-7-8-5-3-4-6-12-8/h3-6H,2,7,10H2,1H3,(H2,11,13,14). The number of guanidine groups is 1. The number of hydrogen-bond donors (Lipinski definition) is 3. The second-order valence-corrected chi connectivity index (χ2v) is 2.66. The second kappa shape index (κ2) is 5.93. The normalized spacial score (nSPS) is 11.1. The molecule has 0 saturated carbocycles. The van der Waals surface area contributed by atoms with Crippen molar-refractivity contribution < 1.29 is 0 Å². The molecule has 0 spiro atoms. The van der Waals surface area contributed by atoms with Gasteiger partial charge in [-0.05, 0) is 19.1 Å². The Labute approximate surface area is 83.4 Å². The molecule has 0 fully saturated rings. The van der Waals surface area contributed by atoms with E-state index in [-0.39, 0.29) is 0 Å². The minimum atomic E-state index is 0.521. The van der Waals surface area contributed by atoms with E-state index < -0.39 is 0 Å². The van der Waals surface area contributed by atoms with Crippen LogP contribution in [0.25, 0.3) is 0 Å². The van der Waals surface area contributed by atoms with E-state index in [0.717, 1.165) is 12.2 Å².